The lowest BCUT2D eigenvalue weighted by Crippen LogP contribution is -2.29. The average molecular weight is 433 g/mol. The molecule has 1 atom stereocenters. The van der Waals surface area contributed by atoms with Crippen molar-refractivity contribution in [1.29, 1.82) is 0 Å². The van der Waals surface area contributed by atoms with Crippen LogP contribution in [0.3, 0.4) is 0 Å². The number of likely N-dealkylation sites (tertiary alicyclic amines) is 1. The van der Waals surface area contributed by atoms with Crippen molar-refractivity contribution in [3.05, 3.63) is 89.4 Å². The van der Waals surface area contributed by atoms with Crippen molar-refractivity contribution in [2.45, 2.75) is 19.5 Å². The summed E-state index contributed by atoms with van der Waals surface area (Å²) < 4.78 is 16.1. The summed E-state index contributed by atoms with van der Waals surface area (Å²) in [4.78, 5) is 27.4. The Labute approximate surface area is 185 Å². The molecule has 2 heterocycles. The molecule has 0 saturated carbocycles. The summed E-state index contributed by atoms with van der Waals surface area (Å²) in [5, 5.41) is 11.1. The van der Waals surface area contributed by atoms with E-state index < -0.39 is 17.7 Å². The van der Waals surface area contributed by atoms with Gasteiger partial charge in [0.2, 0.25) is 0 Å². The van der Waals surface area contributed by atoms with Gasteiger partial charge < -0.3 is 23.9 Å². The lowest BCUT2D eigenvalue weighted by Gasteiger charge is -2.24. The zero-order chi connectivity index (χ0) is 22.7. The minimum atomic E-state index is -0.780. The molecule has 3 aromatic rings. The van der Waals surface area contributed by atoms with Crippen molar-refractivity contribution in [1.82, 2.24) is 4.90 Å². The molecule has 1 aliphatic heterocycles. The number of nitrogens with zero attached hydrogens (tertiary/aromatic N) is 1. The van der Waals surface area contributed by atoms with Crippen LogP contribution in [0.4, 0.5) is 0 Å². The van der Waals surface area contributed by atoms with Gasteiger partial charge in [-0.25, -0.2) is 0 Å². The maximum atomic E-state index is 13.0. The summed E-state index contributed by atoms with van der Waals surface area (Å²) in [6.07, 6.45) is 1.51. The van der Waals surface area contributed by atoms with Gasteiger partial charge in [0.1, 0.15) is 23.0 Å². The second-order valence-electron chi connectivity index (χ2n) is 7.24. The second-order valence-corrected chi connectivity index (χ2v) is 7.24. The lowest BCUT2D eigenvalue weighted by molar-refractivity contribution is -0.140. The summed E-state index contributed by atoms with van der Waals surface area (Å²) in [6, 6.07) is 16.5. The molecule has 2 aromatic carbocycles. The minimum absolute atomic E-state index is 0.0240. The van der Waals surface area contributed by atoms with Gasteiger partial charge >= 0.3 is 0 Å². The Balaban J connectivity index is 1.81. The fourth-order valence-electron chi connectivity index (χ4n) is 3.78. The molecule has 164 valence electrons. The van der Waals surface area contributed by atoms with Gasteiger partial charge in [0.05, 0.1) is 38.1 Å². The van der Waals surface area contributed by atoms with E-state index in [1.165, 1.54) is 11.2 Å². The molecule has 7 nitrogen and oxygen atoms in total. The summed E-state index contributed by atoms with van der Waals surface area (Å²) in [7, 11) is 1.54. The highest BCUT2D eigenvalue weighted by molar-refractivity contribution is 6.46. The number of carbonyl (C=O) groups is 2. The molecule has 1 aliphatic rings. The summed E-state index contributed by atoms with van der Waals surface area (Å²) in [6.45, 7) is 2.50. The van der Waals surface area contributed by atoms with Crippen molar-refractivity contribution in [3.8, 4) is 11.5 Å². The molecule has 1 aromatic heterocycles. The standard InChI is InChI=1S/C25H23NO6/c1-3-31-19-12-6-16(7-13-19)22-21(23(27)17-8-10-18(30-2)11-9-17)24(28)25(29)26(22)15-20-5-4-14-32-20/h4-14,22,27H,3,15H2,1-2H3/t22-/m1/s1. The first kappa shape index (κ1) is 21.2. The Kier molecular flexibility index (Phi) is 5.98. The maximum Gasteiger partial charge on any atom is 0.296 e. The van der Waals surface area contributed by atoms with Crippen LogP contribution in [0, 0.1) is 0 Å². The molecule has 1 N–H and O–H groups in total. The largest absolute Gasteiger partial charge is 0.507 e. The summed E-state index contributed by atoms with van der Waals surface area (Å²) in [5.41, 5.74) is 1.11. The molecule has 4 rings (SSSR count). The minimum Gasteiger partial charge on any atom is -0.507 e. The fourth-order valence-corrected chi connectivity index (χ4v) is 3.78. The van der Waals surface area contributed by atoms with Crippen LogP contribution >= 0.6 is 0 Å². The van der Waals surface area contributed by atoms with E-state index in [9.17, 15) is 14.7 Å². The van der Waals surface area contributed by atoms with Crippen LogP contribution in [0.25, 0.3) is 5.76 Å². The van der Waals surface area contributed by atoms with E-state index in [4.69, 9.17) is 13.9 Å². The third-order valence-corrected chi connectivity index (χ3v) is 5.32. The molecule has 0 aliphatic carbocycles. The molecule has 7 heteroatoms. The van der Waals surface area contributed by atoms with Crippen molar-refractivity contribution in [2.75, 3.05) is 13.7 Å². The van der Waals surface area contributed by atoms with Crippen LogP contribution in [0.5, 0.6) is 11.5 Å². The van der Waals surface area contributed by atoms with Crippen molar-refractivity contribution in [2.24, 2.45) is 0 Å². The van der Waals surface area contributed by atoms with Crippen molar-refractivity contribution >= 4 is 17.4 Å². The highest BCUT2D eigenvalue weighted by Crippen LogP contribution is 2.40. The van der Waals surface area contributed by atoms with Gasteiger partial charge in [0, 0.05) is 5.56 Å². The Bertz CT molecular complexity index is 1130. The van der Waals surface area contributed by atoms with E-state index in [1.807, 2.05) is 6.92 Å². The molecule has 0 bridgehead atoms. The van der Waals surface area contributed by atoms with Crippen LogP contribution in [0.1, 0.15) is 29.9 Å². The first-order valence-electron chi connectivity index (χ1n) is 10.2. The number of ether oxygens (including phenoxy) is 2. The number of furan rings is 1. The second kappa shape index (κ2) is 9.01. The summed E-state index contributed by atoms with van der Waals surface area (Å²) in [5.74, 6) is 0.135. The number of benzene rings is 2. The van der Waals surface area contributed by atoms with Crippen LogP contribution < -0.4 is 9.47 Å². The van der Waals surface area contributed by atoms with E-state index in [0.29, 0.717) is 35.0 Å². The predicted octanol–water partition coefficient (Wildman–Crippen LogP) is 4.31. The van der Waals surface area contributed by atoms with Gasteiger partial charge in [-0.3, -0.25) is 9.59 Å². The highest BCUT2D eigenvalue weighted by Gasteiger charge is 2.46. The number of Topliss-reactive ketones (excluding diaryl/α,β-unsaturated/α-hetero) is 1. The third-order valence-electron chi connectivity index (χ3n) is 5.32. The molecular weight excluding hydrogens is 410 g/mol. The van der Waals surface area contributed by atoms with Gasteiger partial charge in [-0.2, -0.15) is 0 Å². The Hall–Kier alpha value is -4.00. The van der Waals surface area contributed by atoms with Gasteiger partial charge in [0.15, 0.2) is 0 Å². The molecule has 0 spiro atoms. The van der Waals surface area contributed by atoms with E-state index in [0.717, 1.165) is 0 Å². The van der Waals surface area contributed by atoms with Gasteiger partial charge in [-0.1, -0.05) is 12.1 Å². The number of hydrogen-bond donors (Lipinski definition) is 1. The normalized spacial score (nSPS) is 17.6. The van der Waals surface area contributed by atoms with Crippen LogP contribution in [0.2, 0.25) is 0 Å². The first-order chi connectivity index (χ1) is 15.5. The van der Waals surface area contributed by atoms with Crippen LogP contribution in [0.15, 0.2) is 76.9 Å². The van der Waals surface area contributed by atoms with E-state index in [-0.39, 0.29) is 17.9 Å². The molecule has 1 fully saturated rings. The topological polar surface area (TPSA) is 89.2 Å². The first-order valence-corrected chi connectivity index (χ1v) is 10.2. The lowest BCUT2D eigenvalue weighted by atomic mass is 9.95. The van der Waals surface area contributed by atoms with E-state index >= 15 is 0 Å². The Morgan fingerprint density at radius 2 is 1.72 bits per heavy atom. The van der Waals surface area contributed by atoms with Crippen molar-refractivity contribution in [3.63, 3.8) is 0 Å². The fraction of sp³-hybridized carbons (Fsp3) is 0.200. The number of aliphatic hydroxyl groups excluding tert-OH is 1. The number of carbonyl (C=O) groups excluding carboxylic acids is 2. The van der Waals surface area contributed by atoms with Crippen molar-refractivity contribution < 1.29 is 28.6 Å². The molecular formula is C25H23NO6. The van der Waals surface area contributed by atoms with Gasteiger partial charge in [-0.15, -0.1) is 0 Å². The summed E-state index contributed by atoms with van der Waals surface area (Å²) >= 11 is 0. The monoisotopic (exact) mass is 433 g/mol. The molecule has 0 unspecified atom stereocenters. The Morgan fingerprint density at radius 1 is 1.03 bits per heavy atom. The van der Waals surface area contributed by atoms with E-state index in [2.05, 4.69) is 0 Å². The SMILES string of the molecule is CCOc1ccc([C@@H]2C(=C(O)c3ccc(OC)cc3)C(=O)C(=O)N2Cc2ccco2)cc1. The van der Waals surface area contributed by atoms with E-state index in [1.54, 1.807) is 67.8 Å². The van der Waals surface area contributed by atoms with Crippen LogP contribution in [-0.2, 0) is 16.1 Å². The molecule has 32 heavy (non-hydrogen) atoms. The number of methoxy groups -OCH3 is 1. The average Bonchev–Trinajstić information content (AvgIpc) is 3.42. The zero-order valence-electron chi connectivity index (χ0n) is 17.8. The van der Waals surface area contributed by atoms with Gasteiger partial charge in [-0.05, 0) is 61.0 Å². The predicted molar refractivity (Wildman–Crippen MR) is 117 cm³/mol. The number of ketones is 1. The number of hydrogen-bond acceptors (Lipinski definition) is 6. The quantitative estimate of drug-likeness (QED) is 0.339. The Morgan fingerprint density at radius 3 is 2.31 bits per heavy atom. The highest BCUT2D eigenvalue weighted by atomic mass is 16.5. The smallest absolute Gasteiger partial charge is 0.296 e. The number of amides is 1. The number of aliphatic hydroxyl groups is 1. The third kappa shape index (κ3) is 3.97. The molecule has 1 saturated heterocycles. The molecule has 1 amide bonds. The maximum absolute atomic E-state index is 13.0. The van der Waals surface area contributed by atoms with Gasteiger partial charge in [0.25, 0.3) is 11.7 Å². The number of rotatable bonds is 7. The molecule has 0 radical (unpaired) electrons. The zero-order valence-corrected chi connectivity index (χ0v) is 17.8. The van der Waals surface area contributed by atoms with Crippen LogP contribution in [-0.4, -0.2) is 35.4 Å².